The highest BCUT2D eigenvalue weighted by Gasteiger charge is 2.28. The van der Waals surface area contributed by atoms with Gasteiger partial charge in [-0.05, 0) is 55.0 Å². The summed E-state index contributed by atoms with van der Waals surface area (Å²) in [5, 5.41) is 3.41. The molecule has 1 aliphatic heterocycles. The van der Waals surface area contributed by atoms with Crippen molar-refractivity contribution in [2.45, 2.75) is 6.42 Å². The van der Waals surface area contributed by atoms with Crippen molar-refractivity contribution in [1.82, 2.24) is 4.98 Å². The molecule has 2 aromatic carbocycles. The molecular formula is C19H16BrN3O4S. The van der Waals surface area contributed by atoms with Crippen molar-refractivity contribution < 1.29 is 13.2 Å². The summed E-state index contributed by atoms with van der Waals surface area (Å²) in [6.07, 6.45) is 0.599. The quantitative estimate of drug-likeness (QED) is 0.625. The van der Waals surface area contributed by atoms with E-state index in [0.29, 0.717) is 29.9 Å². The molecule has 28 heavy (non-hydrogen) atoms. The fourth-order valence-electron chi connectivity index (χ4n) is 3.19. The van der Waals surface area contributed by atoms with Crippen LogP contribution in [0.3, 0.4) is 0 Å². The van der Waals surface area contributed by atoms with Crippen LogP contribution in [0.15, 0.2) is 57.8 Å². The Hall–Kier alpha value is -2.65. The molecule has 2 heterocycles. The first-order valence-electron chi connectivity index (χ1n) is 8.58. The van der Waals surface area contributed by atoms with Crippen molar-refractivity contribution in [2.24, 2.45) is 0 Å². The summed E-state index contributed by atoms with van der Waals surface area (Å²) in [5.41, 5.74) is 1.19. The van der Waals surface area contributed by atoms with Gasteiger partial charge < -0.3 is 10.3 Å². The van der Waals surface area contributed by atoms with E-state index in [1.807, 2.05) is 6.07 Å². The SMILES string of the molecule is O=C(Nc1ccc(N2CCCS2(=O)=O)cc1)c1cc2cc(Br)ccc2[nH]c1=O. The highest BCUT2D eigenvalue weighted by atomic mass is 79.9. The second kappa shape index (κ2) is 7.06. The van der Waals surface area contributed by atoms with Gasteiger partial charge in [-0.2, -0.15) is 0 Å². The van der Waals surface area contributed by atoms with Gasteiger partial charge in [0.15, 0.2) is 0 Å². The van der Waals surface area contributed by atoms with Crippen molar-refractivity contribution in [3.8, 4) is 0 Å². The summed E-state index contributed by atoms with van der Waals surface area (Å²) >= 11 is 3.37. The second-order valence-corrected chi connectivity index (χ2v) is 9.41. The Kier molecular flexibility index (Phi) is 4.72. The molecule has 4 rings (SSSR count). The molecule has 1 aliphatic rings. The average Bonchev–Trinajstić information content (AvgIpc) is 3.01. The molecule has 0 spiro atoms. The van der Waals surface area contributed by atoms with E-state index in [9.17, 15) is 18.0 Å². The lowest BCUT2D eigenvalue weighted by Gasteiger charge is -2.17. The molecule has 1 aromatic heterocycles. The number of aromatic amines is 1. The summed E-state index contributed by atoms with van der Waals surface area (Å²) in [6, 6.07) is 13.4. The number of halogens is 1. The first kappa shape index (κ1) is 18.7. The molecule has 1 fully saturated rings. The zero-order valence-corrected chi connectivity index (χ0v) is 17.0. The highest BCUT2D eigenvalue weighted by molar-refractivity contribution is 9.10. The monoisotopic (exact) mass is 461 g/mol. The molecule has 0 bridgehead atoms. The second-order valence-electron chi connectivity index (χ2n) is 6.49. The minimum absolute atomic E-state index is 0.00297. The Morgan fingerprint density at radius 2 is 1.86 bits per heavy atom. The Bertz CT molecular complexity index is 1240. The Balaban J connectivity index is 1.58. The number of fused-ring (bicyclic) bond motifs is 1. The fraction of sp³-hybridized carbons (Fsp3) is 0.158. The van der Waals surface area contributed by atoms with Crippen LogP contribution in [0.1, 0.15) is 16.8 Å². The average molecular weight is 462 g/mol. The van der Waals surface area contributed by atoms with Crippen LogP contribution in [0.25, 0.3) is 10.9 Å². The van der Waals surface area contributed by atoms with Crippen molar-refractivity contribution in [3.05, 3.63) is 68.9 Å². The molecule has 3 aromatic rings. The van der Waals surface area contributed by atoms with E-state index >= 15 is 0 Å². The molecule has 0 atom stereocenters. The smallest absolute Gasteiger partial charge is 0.261 e. The number of nitrogens with zero attached hydrogens (tertiary/aromatic N) is 1. The third kappa shape index (κ3) is 3.55. The Morgan fingerprint density at radius 3 is 2.54 bits per heavy atom. The van der Waals surface area contributed by atoms with Crippen molar-refractivity contribution in [2.75, 3.05) is 21.9 Å². The van der Waals surface area contributed by atoms with Crippen LogP contribution in [0.4, 0.5) is 11.4 Å². The normalized spacial score (nSPS) is 15.7. The van der Waals surface area contributed by atoms with Crippen LogP contribution >= 0.6 is 15.9 Å². The number of H-pyrrole nitrogens is 1. The van der Waals surface area contributed by atoms with Gasteiger partial charge >= 0.3 is 0 Å². The molecular weight excluding hydrogens is 446 g/mol. The van der Waals surface area contributed by atoms with Crippen LogP contribution in [0, 0.1) is 0 Å². The number of rotatable bonds is 3. The molecule has 9 heteroatoms. The van der Waals surface area contributed by atoms with E-state index in [1.54, 1.807) is 42.5 Å². The van der Waals surface area contributed by atoms with Crippen molar-refractivity contribution in [1.29, 1.82) is 0 Å². The van der Waals surface area contributed by atoms with E-state index in [4.69, 9.17) is 0 Å². The summed E-state index contributed by atoms with van der Waals surface area (Å²) in [5.74, 6) is -0.392. The number of amides is 1. The van der Waals surface area contributed by atoms with Gasteiger partial charge in [0.25, 0.3) is 11.5 Å². The molecule has 1 amide bonds. The molecule has 0 unspecified atom stereocenters. The molecule has 7 nitrogen and oxygen atoms in total. The number of carbonyl (C=O) groups is 1. The first-order valence-corrected chi connectivity index (χ1v) is 11.0. The van der Waals surface area contributed by atoms with Crippen LogP contribution in [-0.2, 0) is 10.0 Å². The van der Waals surface area contributed by atoms with Gasteiger partial charge in [-0.15, -0.1) is 0 Å². The topological polar surface area (TPSA) is 99.3 Å². The molecule has 0 aliphatic carbocycles. The first-order chi connectivity index (χ1) is 13.3. The van der Waals surface area contributed by atoms with Crippen LogP contribution in [0.2, 0.25) is 0 Å². The van der Waals surface area contributed by atoms with Crippen LogP contribution in [0.5, 0.6) is 0 Å². The Labute approximate surface area is 169 Å². The van der Waals surface area contributed by atoms with Gasteiger partial charge in [-0.1, -0.05) is 15.9 Å². The van der Waals surface area contributed by atoms with Gasteiger partial charge in [-0.25, -0.2) is 8.42 Å². The largest absolute Gasteiger partial charge is 0.322 e. The Morgan fingerprint density at radius 1 is 1.11 bits per heavy atom. The number of nitrogens with one attached hydrogen (secondary N) is 2. The minimum atomic E-state index is -3.25. The summed E-state index contributed by atoms with van der Waals surface area (Å²) < 4.78 is 26.2. The molecule has 0 saturated carbocycles. The lowest BCUT2D eigenvalue weighted by Crippen LogP contribution is -2.25. The lowest BCUT2D eigenvalue weighted by molar-refractivity contribution is 0.102. The standard InChI is InChI=1S/C19H16BrN3O4S/c20-13-2-7-17-12(10-13)11-16(19(25)22-17)18(24)21-14-3-5-15(6-4-14)23-8-1-9-28(23,26)27/h2-7,10-11H,1,8-9H2,(H,21,24)(H,22,25). The number of hydrogen-bond donors (Lipinski definition) is 2. The highest BCUT2D eigenvalue weighted by Crippen LogP contribution is 2.25. The number of carbonyl (C=O) groups excluding carboxylic acids is 1. The number of hydrogen-bond acceptors (Lipinski definition) is 4. The van der Waals surface area contributed by atoms with E-state index in [-0.39, 0.29) is 11.3 Å². The zero-order valence-electron chi connectivity index (χ0n) is 14.6. The minimum Gasteiger partial charge on any atom is -0.322 e. The predicted octanol–water partition coefficient (Wildman–Crippen LogP) is 3.08. The number of benzene rings is 2. The van der Waals surface area contributed by atoms with E-state index in [1.165, 1.54) is 4.31 Å². The van der Waals surface area contributed by atoms with E-state index in [0.717, 1.165) is 9.86 Å². The molecule has 2 N–H and O–H groups in total. The summed E-state index contributed by atoms with van der Waals surface area (Å²) in [4.78, 5) is 27.5. The van der Waals surface area contributed by atoms with Gasteiger partial charge in [0, 0.05) is 27.6 Å². The number of pyridine rings is 1. The van der Waals surface area contributed by atoms with E-state index in [2.05, 4.69) is 26.2 Å². The van der Waals surface area contributed by atoms with Crippen molar-refractivity contribution >= 4 is 54.1 Å². The number of aromatic nitrogens is 1. The summed E-state index contributed by atoms with van der Waals surface area (Å²) in [6.45, 7) is 0.454. The maximum atomic E-state index is 12.6. The molecule has 144 valence electrons. The van der Waals surface area contributed by atoms with Crippen LogP contribution < -0.4 is 15.2 Å². The number of anilines is 2. The van der Waals surface area contributed by atoms with Gasteiger partial charge in [-0.3, -0.25) is 13.9 Å². The predicted molar refractivity (Wildman–Crippen MR) is 112 cm³/mol. The fourth-order valence-corrected chi connectivity index (χ4v) is 5.13. The lowest BCUT2D eigenvalue weighted by atomic mass is 10.1. The third-order valence-corrected chi connectivity index (χ3v) is 6.93. The van der Waals surface area contributed by atoms with E-state index < -0.39 is 21.5 Å². The zero-order chi connectivity index (χ0) is 19.9. The third-order valence-electron chi connectivity index (χ3n) is 4.56. The number of sulfonamides is 1. The summed E-state index contributed by atoms with van der Waals surface area (Å²) in [7, 11) is -3.25. The molecule has 1 saturated heterocycles. The van der Waals surface area contributed by atoms with Crippen molar-refractivity contribution in [3.63, 3.8) is 0 Å². The maximum absolute atomic E-state index is 12.6. The van der Waals surface area contributed by atoms with Crippen LogP contribution in [-0.4, -0.2) is 31.6 Å². The maximum Gasteiger partial charge on any atom is 0.261 e. The van der Waals surface area contributed by atoms with Gasteiger partial charge in [0.1, 0.15) is 5.56 Å². The van der Waals surface area contributed by atoms with Gasteiger partial charge in [0.05, 0.1) is 11.4 Å². The molecule has 0 radical (unpaired) electrons. The van der Waals surface area contributed by atoms with Gasteiger partial charge in [0.2, 0.25) is 10.0 Å².